The van der Waals surface area contributed by atoms with Gasteiger partial charge in [0.25, 0.3) is 0 Å². The van der Waals surface area contributed by atoms with E-state index in [1.54, 1.807) is 0 Å². The number of hydrogen-bond acceptors (Lipinski definition) is 3. The zero-order valence-corrected chi connectivity index (χ0v) is 38.0. The Morgan fingerprint density at radius 2 is 0.792 bits per heavy atom. The summed E-state index contributed by atoms with van der Waals surface area (Å²) in [7, 11) is -4.05. The molecule has 2 rings (SSSR count). The normalized spacial score (nSPS) is 13.2. The Balaban J connectivity index is 2.87. The van der Waals surface area contributed by atoms with Gasteiger partial charge in [0.2, 0.25) is 0 Å². The van der Waals surface area contributed by atoms with Crippen LogP contribution in [-0.2, 0) is 33.4 Å². The molecule has 0 fully saturated rings. The van der Waals surface area contributed by atoms with Crippen LogP contribution >= 0.6 is 6.83 Å². The van der Waals surface area contributed by atoms with Crippen LogP contribution in [0.1, 0.15) is 219 Å². The molecule has 0 aromatic heterocycles. The monoisotopic (exact) mass is 775 g/mol. The van der Waals surface area contributed by atoms with E-state index in [1.165, 1.54) is 113 Å². The Morgan fingerprint density at radius 3 is 1.21 bits per heavy atom. The molecule has 0 amide bonds. The van der Waals surface area contributed by atoms with Crippen LogP contribution in [0.25, 0.3) is 10.8 Å². The first kappa shape index (κ1) is 48.2. The number of aryl methyl sites for hydroxylation is 1. The van der Waals surface area contributed by atoms with Gasteiger partial charge in [0.1, 0.15) is 0 Å². The van der Waals surface area contributed by atoms with E-state index < -0.39 is 16.9 Å². The molecule has 0 atom stereocenters. The first-order valence-corrected chi connectivity index (χ1v) is 27.5. The average Bonchev–Trinajstić information content (AvgIpc) is 3.16. The molecule has 0 aliphatic heterocycles. The summed E-state index contributed by atoms with van der Waals surface area (Å²) in [6.45, 7) is 12.8. The topological polar surface area (TPSA) is 43.4 Å². The zero-order chi connectivity index (χ0) is 38.9. The van der Waals surface area contributed by atoms with Crippen molar-refractivity contribution in [2.45, 2.75) is 227 Å². The minimum Gasteiger partial charge on any atom is -0.0654 e. The van der Waals surface area contributed by atoms with Gasteiger partial charge in [-0.15, -0.1) is 0 Å². The van der Waals surface area contributed by atoms with Gasteiger partial charge in [0.05, 0.1) is 0 Å². The molecule has 53 heavy (non-hydrogen) atoms. The van der Waals surface area contributed by atoms with Crippen LogP contribution in [0.5, 0.6) is 0 Å². The van der Waals surface area contributed by atoms with Crippen LogP contribution in [0.15, 0.2) is 29.2 Å². The number of fused-ring (bicyclic) bond motifs is 1. The van der Waals surface area contributed by atoms with Gasteiger partial charge in [-0.2, -0.15) is 0 Å². The molecule has 0 aliphatic carbocycles. The molecule has 0 N–H and O–H groups in total. The van der Waals surface area contributed by atoms with Crippen LogP contribution < -0.4 is 0 Å². The van der Waals surface area contributed by atoms with E-state index in [2.05, 4.69) is 72.7 Å². The number of hydrogen-bond donors (Lipinski definition) is 0. The van der Waals surface area contributed by atoms with Crippen LogP contribution in [0.3, 0.4) is 0 Å². The van der Waals surface area contributed by atoms with E-state index in [4.69, 9.17) is 3.97 Å². The summed E-state index contributed by atoms with van der Waals surface area (Å²) in [5, 5.41) is 2.10. The summed E-state index contributed by atoms with van der Waals surface area (Å²) in [6.07, 6.45) is 35.2. The second-order valence-electron chi connectivity index (χ2n) is 16.8. The maximum absolute atomic E-state index is 15.6. The standard InChI is InChI=1S/C48H87O3PS/c1-8-15-21-24-27-30-35-43-44(36-31-28-25-22-16-9-2)46(38-32-29-26-23-17-10-3)48(47-39-34-33-37-45(43)47)53(49,50)51-52(14-7,40-18-11-4,41-19-12-5)42-20-13-6/h33-34,37,39H,8-32,35-36,38,40-42H2,1-7H3. The fourth-order valence-corrected chi connectivity index (χ4v) is 18.7. The molecule has 0 spiro atoms. The Hall–Kier alpha value is -0.960. The van der Waals surface area contributed by atoms with Gasteiger partial charge in [-0.1, -0.05) is 20.3 Å². The van der Waals surface area contributed by atoms with Crippen molar-refractivity contribution in [2.24, 2.45) is 0 Å². The fourth-order valence-electron chi connectivity index (χ4n) is 8.94. The molecule has 0 radical (unpaired) electrons. The minimum absolute atomic E-state index is 0.557. The predicted octanol–water partition coefficient (Wildman–Crippen LogP) is 16.1. The summed E-state index contributed by atoms with van der Waals surface area (Å²) in [6, 6.07) is 8.58. The Bertz CT molecular complexity index is 1340. The van der Waals surface area contributed by atoms with Crippen molar-refractivity contribution < 1.29 is 12.4 Å². The zero-order valence-electron chi connectivity index (χ0n) is 36.3. The summed E-state index contributed by atoms with van der Waals surface area (Å²) < 4.78 is 38.5. The van der Waals surface area contributed by atoms with Crippen molar-refractivity contribution >= 4 is 27.7 Å². The molecule has 2 aromatic rings. The third-order valence-corrected chi connectivity index (χ3v) is 21.8. The molecule has 5 heteroatoms. The molecule has 3 nitrogen and oxygen atoms in total. The number of benzene rings is 2. The first-order chi connectivity index (χ1) is 25.7. The van der Waals surface area contributed by atoms with Crippen molar-refractivity contribution in [2.75, 3.05) is 24.6 Å². The second kappa shape index (κ2) is 26.8. The van der Waals surface area contributed by atoms with Crippen molar-refractivity contribution in [1.29, 1.82) is 0 Å². The molecule has 0 saturated heterocycles. The molecule has 0 aliphatic rings. The third kappa shape index (κ3) is 15.5. The smallest absolute Gasteiger partial charge is 0.0654 e. The molecule has 2 aromatic carbocycles. The van der Waals surface area contributed by atoms with Gasteiger partial charge in [0.15, 0.2) is 0 Å². The molecule has 0 bridgehead atoms. The van der Waals surface area contributed by atoms with Crippen LogP contribution in [-0.4, -0.2) is 33.1 Å². The van der Waals surface area contributed by atoms with Crippen LogP contribution in [0.4, 0.5) is 0 Å². The Kier molecular flexibility index (Phi) is 24.4. The first-order valence-electron chi connectivity index (χ1n) is 23.2. The fraction of sp³-hybridized carbons (Fsp3) is 0.792. The van der Waals surface area contributed by atoms with Gasteiger partial charge in [-0.3, -0.25) is 0 Å². The van der Waals surface area contributed by atoms with Gasteiger partial charge in [0, 0.05) is 0 Å². The van der Waals surface area contributed by atoms with E-state index in [0.29, 0.717) is 4.90 Å². The van der Waals surface area contributed by atoms with Gasteiger partial charge in [-0.05, 0) is 0 Å². The quantitative estimate of drug-likeness (QED) is 0.0525. The maximum atomic E-state index is 15.6. The third-order valence-electron chi connectivity index (χ3n) is 12.4. The molecule has 308 valence electrons. The van der Waals surface area contributed by atoms with Gasteiger partial charge >= 0.3 is 312 Å². The van der Waals surface area contributed by atoms with Gasteiger partial charge in [-0.25, -0.2) is 0 Å². The summed E-state index contributed by atoms with van der Waals surface area (Å²) in [5.74, 6) is 0. The van der Waals surface area contributed by atoms with E-state index in [1.807, 2.05) is 0 Å². The molecular weight excluding hydrogens is 688 g/mol. The number of rotatable bonds is 34. The summed E-state index contributed by atoms with van der Waals surface area (Å²) >= 11 is 0. The van der Waals surface area contributed by atoms with Crippen molar-refractivity contribution in [1.82, 2.24) is 0 Å². The van der Waals surface area contributed by atoms with Crippen molar-refractivity contribution in [3.05, 3.63) is 41.0 Å². The second-order valence-corrected chi connectivity index (χ2v) is 24.4. The minimum atomic E-state index is -4.05. The molecular formula is C48H87O3PS. The van der Waals surface area contributed by atoms with E-state index in [-0.39, 0.29) is 0 Å². The molecule has 0 heterocycles. The van der Waals surface area contributed by atoms with Crippen molar-refractivity contribution in [3.8, 4) is 0 Å². The molecule has 0 unspecified atom stereocenters. The summed E-state index contributed by atoms with van der Waals surface area (Å²) in [5.41, 5.74) is 3.94. The summed E-state index contributed by atoms with van der Waals surface area (Å²) in [4.78, 5) is 0.557. The van der Waals surface area contributed by atoms with Crippen molar-refractivity contribution in [3.63, 3.8) is 0 Å². The van der Waals surface area contributed by atoms with E-state index >= 15 is 8.42 Å². The molecule has 0 saturated carbocycles. The van der Waals surface area contributed by atoms with Gasteiger partial charge < -0.3 is 0 Å². The van der Waals surface area contributed by atoms with E-state index in [0.717, 1.165) is 113 Å². The van der Waals surface area contributed by atoms with E-state index in [9.17, 15) is 0 Å². The SMILES string of the molecule is CCCCCCCCc1c(CCCCCCCC)c(S(=O)(=O)OP(CC)(CCCC)(CCCC)CCCC)c2ccccc2c1CCCCCCCC. The van der Waals surface area contributed by atoms with Crippen LogP contribution in [0, 0.1) is 0 Å². The van der Waals surface area contributed by atoms with Crippen LogP contribution in [0.2, 0.25) is 0 Å². The predicted molar refractivity (Wildman–Crippen MR) is 240 cm³/mol. The Labute approximate surface area is 331 Å². The number of unbranched alkanes of at least 4 members (excludes halogenated alkanes) is 18. The Morgan fingerprint density at radius 1 is 0.434 bits per heavy atom. The average molecular weight is 775 g/mol.